The number of hydrogen-bond acceptors (Lipinski definition) is 1. The van der Waals surface area contributed by atoms with Crippen molar-refractivity contribution in [2.45, 2.75) is 38.5 Å². The molecule has 3 heteroatoms. The van der Waals surface area contributed by atoms with Gasteiger partial charge in [0.1, 0.15) is 5.84 Å². The molecule has 2 bridgehead atoms. The zero-order valence-corrected chi connectivity index (χ0v) is 9.39. The quantitative estimate of drug-likeness (QED) is 0.438. The molecule has 2 atom stereocenters. The number of nitrogens with two attached hydrogens (primary N) is 1. The molecule has 0 aromatic rings. The van der Waals surface area contributed by atoms with Crippen LogP contribution in [-0.4, -0.2) is 18.3 Å². The van der Waals surface area contributed by atoms with E-state index < -0.39 is 0 Å². The van der Waals surface area contributed by atoms with E-state index in [1.54, 1.807) is 0 Å². The molecular weight excluding hydrogens is 196 g/mol. The molecule has 2 aliphatic rings. The molecule has 0 spiro atoms. The number of amidine groups is 1. The highest BCUT2D eigenvalue weighted by atomic mass is 35.5. The summed E-state index contributed by atoms with van der Waals surface area (Å²) in [5, 5.41) is 0. The Labute approximate surface area is 90.9 Å². The molecule has 0 aromatic carbocycles. The number of aliphatic imine (C=N–C) groups is 1. The van der Waals surface area contributed by atoms with Crippen LogP contribution < -0.4 is 5.73 Å². The molecule has 2 saturated carbocycles. The van der Waals surface area contributed by atoms with E-state index in [0.29, 0.717) is 17.1 Å². The molecule has 80 valence electrons. The first-order valence-electron chi connectivity index (χ1n) is 5.59. The van der Waals surface area contributed by atoms with E-state index in [-0.39, 0.29) is 0 Å². The van der Waals surface area contributed by atoms with Gasteiger partial charge in [0.25, 0.3) is 0 Å². The van der Waals surface area contributed by atoms with E-state index in [9.17, 15) is 0 Å². The average Bonchev–Trinajstić information content (AvgIpc) is 2.51. The minimum Gasteiger partial charge on any atom is -0.386 e. The molecule has 2 unspecified atom stereocenters. The minimum absolute atomic E-state index is 0.375. The Morgan fingerprint density at radius 3 is 3.07 bits per heavy atom. The van der Waals surface area contributed by atoms with Gasteiger partial charge in [-0.15, -0.1) is 11.6 Å². The van der Waals surface area contributed by atoms with Gasteiger partial charge >= 0.3 is 0 Å². The van der Waals surface area contributed by atoms with Gasteiger partial charge in [-0.3, -0.25) is 4.99 Å². The summed E-state index contributed by atoms with van der Waals surface area (Å²) in [6, 6.07) is 0. The van der Waals surface area contributed by atoms with Gasteiger partial charge in [-0.05, 0) is 37.0 Å². The molecule has 2 fully saturated rings. The topological polar surface area (TPSA) is 38.4 Å². The van der Waals surface area contributed by atoms with Crippen LogP contribution in [0.2, 0.25) is 0 Å². The highest BCUT2D eigenvalue weighted by Gasteiger charge is 2.41. The zero-order valence-electron chi connectivity index (χ0n) is 8.64. The lowest BCUT2D eigenvalue weighted by atomic mass is 9.76. The first kappa shape index (κ1) is 10.3. The lowest BCUT2D eigenvalue weighted by Gasteiger charge is -2.31. The van der Waals surface area contributed by atoms with Crippen molar-refractivity contribution >= 4 is 17.4 Å². The summed E-state index contributed by atoms with van der Waals surface area (Å²) in [5.41, 5.74) is 6.13. The fourth-order valence-electron chi connectivity index (χ4n) is 3.10. The number of hydrogen-bond donors (Lipinski definition) is 1. The third kappa shape index (κ3) is 2.05. The van der Waals surface area contributed by atoms with Gasteiger partial charge in [0, 0.05) is 6.54 Å². The van der Waals surface area contributed by atoms with Crippen LogP contribution in [0.15, 0.2) is 4.99 Å². The highest BCUT2D eigenvalue weighted by Crippen LogP contribution is 2.51. The van der Waals surface area contributed by atoms with Crippen LogP contribution >= 0.6 is 11.6 Å². The van der Waals surface area contributed by atoms with Crippen molar-refractivity contribution in [1.82, 2.24) is 0 Å². The van der Waals surface area contributed by atoms with Crippen molar-refractivity contribution in [2.75, 3.05) is 12.4 Å². The van der Waals surface area contributed by atoms with Crippen molar-refractivity contribution in [1.29, 1.82) is 0 Å². The molecule has 0 amide bonds. The molecule has 0 heterocycles. The van der Waals surface area contributed by atoms with Gasteiger partial charge in [-0.25, -0.2) is 0 Å². The predicted molar refractivity (Wildman–Crippen MR) is 60.8 cm³/mol. The Kier molecular flexibility index (Phi) is 3.01. The molecule has 2 N–H and O–H groups in total. The van der Waals surface area contributed by atoms with E-state index in [1.807, 2.05) is 0 Å². The summed E-state index contributed by atoms with van der Waals surface area (Å²) in [6.45, 7) is 0.919. The summed E-state index contributed by atoms with van der Waals surface area (Å²) in [7, 11) is 0. The summed E-state index contributed by atoms with van der Waals surface area (Å²) < 4.78 is 0. The van der Waals surface area contributed by atoms with Crippen LogP contribution in [0.5, 0.6) is 0 Å². The minimum atomic E-state index is 0.375. The first-order valence-corrected chi connectivity index (χ1v) is 6.12. The molecule has 0 aliphatic heterocycles. The Morgan fingerprint density at radius 1 is 1.43 bits per heavy atom. The summed E-state index contributed by atoms with van der Waals surface area (Å²) >= 11 is 5.61. The van der Waals surface area contributed by atoms with Gasteiger partial charge in [0.05, 0.1) is 5.88 Å². The van der Waals surface area contributed by atoms with E-state index in [0.717, 1.165) is 12.5 Å². The number of fused-ring (bicyclic) bond motifs is 2. The molecule has 2 aliphatic carbocycles. The molecular formula is C11H19ClN2. The lowest BCUT2D eigenvalue weighted by molar-refractivity contribution is 0.221. The Hall–Kier alpha value is -0.240. The van der Waals surface area contributed by atoms with Crippen LogP contribution in [0.25, 0.3) is 0 Å². The van der Waals surface area contributed by atoms with Crippen molar-refractivity contribution in [3.63, 3.8) is 0 Å². The molecule has 0 saturated heterocycles. The summed E-state index contributed by atoms with van der Waals surface area (Å²) in [5.74, 6) is 1.96. The Morgan fingerprint density at radius 2 is 2.29 bits per heavy atom. The average molecular weight is 215 g/mol. The van der Waals surface area contributed by atoms with E-state index in [1.165, 1.54) is 38.5 Å². The predicted octanol–water partition coefficient (Wildman–Crippen LogP) is 2.55. The summed E-state index contributed by atoms with van der Waals surface area (Å²) in [6.07, 6.45) is 8.33. The maximum Gasteiger partial charge on any atom is 0.109 e. The van der Waals surface area contributed by atoms with Crippen LogP contribution in [-0.2, 0) is 0 Å². The summed E-state index contributed by atoms with van der Waals surface area (Å²) in [4.78, 5) is 4.40. The molecule has 2 nitrogen and oxygen atoms in total. The SMILES string of the molecule is NC(CCl)=NCC12CCCC(CC1)C2. The molecule has 0 radical (unpaired) electrons. The monoisotopic (exact) mass is 214 g/mol. The fourth-order valence-corrected chi connectivity index (χ4v) is 3.18. The Bertz CT molecular complexity index is 235. The second-order valence-electron chi connectivity index (χ2n) is 4.94. The normalized spacial score (nSPS) is 37.5. The Balaban J connectivity index is 1.96. The smallest absolute Gasteiger partial charge is 0.109 e. The lowest BCUT2D eigenvalue weighted by Crippen LogP contribution is -2.26. The number of rotatable bonds is 3. The van der Waals surface area contributed by atoms with Crippen LogP contribution in [0, 0.1) is 11.3 Å². The van der Waals surface area contributed by atoms with E-state index in [2.05, 4.69) is 4.99 Å². The number of halogens is 1. The molecule has 14 heavy (non-hydrogen) atoms. The number of nitrogens with zero attached hydrogens (tertiary/aromatic N) is 1. The van der Waals surface area contributed by atoms with Crippen molar-refractivity contribution in [2.24, 2.45) is 22.1 Å². The molecule has 0 aromatic heterocycles. The van der Waals surface area contributed by atoms with Crippen molar-refractivity contribution in [3.05, 3.63) is 0 Å². The van der Waals surface area contributed by atoms with Gasteiger partial charge in [0.15, 0.2) is 0 Å². The molecule has 2 rings (SSSR count). The van der Waals surface area contributed by atoms with Gasteiger partial charge in [-0.1, -0.05) is 12.8 Å². The van der Waals surface area contributed by atoms with Gasteiger partial charge < -0.3 is 5.73 Å². The van der Waals surface area contributed by atoms with Crippen LogP contribution in [0.4, 0.5) is 0 Å². The van der Waals surface area contributed by atoms with Crippen LogP contribution in [0.1, 0.15) is 38.5 Å². The highest BCUT2D eigenvalue weighted by molar-refractivity contribution is 6.27. The zero-order chi connectivity index (χ0) is 10.0. The maximum absolute atomic E-state index is 5.64. The second-order valence-corrected chi connectivity index (χ2v) is 5.21. The van der Waals surface area contributed by atoms with Gasteiger partial charge in [0.2, 0.25) is 0 Å². The van der Waals surface area contributed by atoms with E-state index in [4.69, 9.17) is 17.3 Å². The first-order chi connectivity index (χ1) is 6.74. The third-order valence-electron chi connectivity index (χ3n) is 3.88. The maximum atomic E-state index is 5.64. The van der Waals surface area contributed by atoms with Gasteiger partial charge in [-0.2, -0.15) is 0 Å². The third-order valence-corrected chi connectivity index (χ3v) is 4.15. The standard InChI is InChI=1S/C11H19ClN2/c12-7-10(13)14-8-11-4-1-2-9(6-11)3-5-11/h9H,1-8H2,(H2,13,14). The second kappa shape index (κ2) is 4.09. The fraction of sp³-hybridized carbons (Fsp3) is 0.909. The van der Waals surface area contributed by atoms with Crippen molar-refractivity contribution in [3.8, 4) is 0 Å². The number of alkyl halides is 1. The van der Waals surface area contributed by atoms with Crippen molar-refractivity contribution < 1.29 is 0 Å². The largest absolute Gasteiger partial charge is 0.386 e. The van der Waals surface area contributed by atoms with E-state index >= 15 is 0 Å². The van der Waals surface area contributed by atoms with Crippen LogP contribution in [0.3, 0.4) is 0 Å².